The van der Waals surface area contributed by atoms with E-state index in [1.54, 1.807) is 18.4 Å². The summed E-state index contributed by atoms with van der Waals surface area (Å²) in [5.74, 6) is 1.22. The van der Waals surface area contributed by atoms with Gasteiger partial charge in [0.05, 0.1) is 12.0 Å². The Balaban J connectivity index is 2.40. The predicted molar refractivity (Wildman–Crippen MR) is 71.6 cm³/mol. The molecular formula is C11H16N4OS. The largest absolute Gasteiger partial charge is 0.383 e. The molecule has 17 heavy (non-hydrogen) atoms. The number of hydrogen-bond acceptors (Lipinski definition) is 6. The van der Waals surface area contributed by atoms with E-state index in [0.29, 0.717) is 12.6 Å². The lowest BCUT2D eigenvalue weighted by molar-refractivity contribution is 0.205. The maximum absolute atomic E-state index is 5.73. The lowest BCUT2D eigenvalue weighted by Gasteiger charge is -2.22. The maximum Gasteiger partial charge on any atom is 0.223 e. The topological polar surface area (TPSA) is 64.3 Å². The molecule has 2 rings (SSSR count). The number of nitrogens with zero attached hydrogens (tertiary/aromatic N) is 3. The van der Waals surface area contributed by atoms with E-state index in [1.807, 2.05) is 11.4 Å². The van der Waals surface area contributed by atoms with Gasteiger partial charge in [0.25, 0.3) is 0 Å². The fourth-order valence-corrected chi connectivity index (χ4v) is 2.48. The number of anilines is 2. The number of hydrogen-bond donors (Lipinski definition) is 1. The fourth-order valence-electron chi connectivity index (χ4n) is 1.71. The average Bonchev–Trinajstić information content (AvgIpc) is 2.77. The maximum atomic E-state index is 5.73. The zero-order valence-electron chi connectivity index (χ0n) is 10.0. The molecule has 0 radical (unpaired) electrons. The second-order valence-electron chi connectivity index (χ2n) is 3.62. The first-order valence-electron chi connectivity index (χ1n) is 5.51. The van der Waals surface area contributed by atoms with E-state index in [1.165, 1.54) is 0 Å². The zero-order chi connectivity index (χ0) is 12.3. The van der Waals surface area contributed by atoms with Gasteiger partial charge >= 0.3 is 0 Å². The summed E-state index contributed by atoms with van der Waals surface area (Å²) < 4.78 is 5.11. The number of thiophene rings is 1. The van der Waals surface area contributed by atoms with Gasteiger partial charge in [0.2, 0.25) is 5.95 Å². The van der Waals surface area contributed by atoms with E-state index in [4.69, 9.17) is 10.5 Å². The van der Waals surface area contributed by atoms with Gasteiger partial charge in [0, 0.05) is 20.2 Å². The Morgan fingerprint density at radius 2 is 2.29 bits per heavy atom. The van der Waals surface area contributed by atoms with Crippen LogP contribution < -0.4 is 10.6 Å². The normalized spacial score (nSPS) is 10.9. The molecule has 2 aromatic rings. The Bertz CT molecular complexity index is 499. The SMILES string of the molecule is CCN(CCOC)c1nc(N)nc2sccc12. The van der Waals surface area contributed by atoms with Gasteiger partial charge in [0.1, 0.15) is 10.6 Å². The van der Waals surface area contributed by atoms with Gasteiger partial charge in [-0.25, -0.2) is 4.98 Å². The van der Waals surface area contributed by atoms with Crippen LogP contribution in [-0.4, -0.2) is 36.8 Å². The van der Waals surface area contributed by atoms with E-state index in [-0.39, 0.29) is 0 Å². The van der Waals surface area contributed by atoms with Crippen molar-refractivity contribution >= 4 is 33.3 Å². The molecule has 0 saturated carbocycles. The molecule has 2 N–H and O–H groups in total. The molecule has 0 fully saturated rings. The van der Waals surface area contributed by atoms with Gasteiger partial charge in [-0.15, -0.1) is 11.3 Å². The third kappa shape index (κ3) is 2.48. The average molecular weight is 252 g/mol. The molecule has 0 amide bonds. The molecule has 0 aliphatic carbocycles. The highest BCUT2D eigenvalue weighted by Gasteiger charge is 2.13. The van der Waals surface area contributed by atoms with Crippen LogP contribution in [0.3, 0.4) is 0 Å². The molecule has 0 aromatic carbocycles. The number of rotatable bonds is 5. The molecule has 0 atom stereocenters. The first-order chi connectivity index (χ1) is 8.26. The van der Waals surface area contributed by atoms with E-state index in [2.05, 4.69) is 21.8 Å². The Labute approximate surface area is 104 Å². The van der Waals surface area contributed by atoms with Crippen LogP contribution in [0.2, 0.25) is 0 Å². The molecule has 0 aliphatic heterocycles. The third-order valence-corrected chi connectivity index (χ3v) is 3.38. The summed E-state index contributed by atoms with van der Waals surface area (Å²) in [5.41, 5.74) is 5.73. The molecule has 0 saturated heterocycles. The van der Waals surface area contributed by atoms with Crippen LogP contribution in [-0.2, 0) is 4.74 Å². The van der Waals surface area contributed by atoms with Crippen molar-refractivity contribution in [2.45, 2.75) is 6.92 Å². The van der Waals surface area contributed by atoms with E-state index in [0.717, 1.165) is 29.1 Å². The molecule has 0 unspecified atom stereocenters. The van der Waals surface area contributed by atoms with Crippen molar-refractivity contribution in [3.05, 3.63) is 11.4 Å². The van der Waals surface area contributed by atoms with Crippen molar-refractivity contribution in [1.82, 2.24) is 9.97 Å². The van der Waals surface area contributed by atoms with Gasteiger partial charge in [-0.05, 0) is 18.4 Å². The van der Waals surface area contributed by atoms with Crippen LogP contribution in [0.25, 0.3) is 10.2 Å². The smallest absolute Gasteiger partial charge is 0.223 e. The molecule has 2 aromatic heterocycles. The molecule has 2 heterocycles. The minimum absolute atomic E-state index is 0.325. The molecule has 6 heteroatoms. The standard InChI is InChI=1S/C11H16N4OS/c1-3-15(5-6-16-2)9-8-4-7-17-10(8)14-11(12)13-9/h4,7H,3,5-6H2,1-2H3,(H2,12,13,14). The second kappa shape index (κ2) is 5.29. The summed E-state index contributed by atoms with van der Waals surface area (Å²) in [7, 11) is 1.70. The lowest BCUT2D eigenvalue weighted by atomic mass is 10.3. The summed E-state index contributed by atoms with van der Waals surface area (Å²) in [6.07, 6.45) is 0. The Kier molecular flexibility index (Phi) is 3.75. The van der Waals surface area contributed by atoms with Crippen molar-refractivity contribution in [2.75, 3.05) is 37.4 Å². The predicted octanol–water partition coefficient (Wildman–Crippen LogP) is 1.75. The van der Waals surface area contributed by atoms with E-state index >= 15 is 0 Å². The lowest BCUT2D eigenvalue weighted by Crippen LogP contribution is -2.28. The number of ether oxygens (including phenoxy) is 1. The summed E-state index contributed by atoms with van der Waals surface area (Å²) in [4.78, 5) is 11.6. The summed E-state index contributed by atoms with van der Waals surface area (Å²) in [6, 6.07) is 2.03. The first-order valence-corrected chi connectivity index (χ1v) is 6.38. The van der Waals surface area contributed by atoms with Gasteiger partial charge in [0.15, 0.2) is 0 Å². The number of nitrogen functional groups attached to an aromatic ring is 1. The summed E-state index contributed by atoms with van der Waals surface area (Å²) in [5, 5.41) is 3.06. The molecule has 92 valence electrons. The molecular weight excluding hydrogens is 236 g/mol. The van der Waals surface area contributed by atoms with Gasteiger partial charge in [-0.3, -0.25) is 0 Å². The highest BCUT2D eigenvalue weighted by atomic mass is 32.1. The van der Waals surface area contributed by atoms with E-state index < -0.39 is 0 Å². The quantitative estimate of drug-likeness (QED) is 0.878. The number of methoxy groups -OCH3 is 1. The minimum Gasteiger partial charge on any atom is -0.383 e. The first kappa shape index (κ1) is 12.1. The Morgan fingerprint density at radius 1 is 1.47 bits per heavy atom. The number of likely N-dealkylation sites (N-methyl/N-ethyl adjacent to an activating group) is 1. The number of aromatic nitrogens is 2. The summed E-state index contributed by atoms with van der Waals surface area (Å²) in [6.45, 7) is 4.43. The van der Waals surface area contributed by atoms with Gasteiger partial charge in [-0.1, -0.05) is 0 Å². The minimum atomic E-state index is 0.325. The van der Waals surface area contributed by atoms with Crippen molar-refractivity contribution in [1.29, 1.82) is 0 Å². The van der Waals surface area contributed by atoms with Crippen molar-refractivity contribution in [3.8, 4) is 0 Å². The van der Waals surface area contributed by atoms with Gasteiger partial charge < -0.3 is 15.4 Å². The van der Waals surface area contributed by atoms with Crippen LogP contribution in [0, 0.1) is 0 Å². The van der Waals surface area contributed by atoms with Crippen LogP contribution in [0.4, 0.5) is 11.8 Å². The number of nitrogens with two attached hydrogens (primary N) is 1. The van der Waals surface area contributed by atoms with Crippen molar-refractivity contribution < 1.29 is 4.74 Å². The molecule has 0 bridgehead atoms. The zero-order valence-corrected chi connectivity index (χ0v) is 10.8. The van der Waals surface area contributed by atoms with Crippen molar-refractivity contribution in [3.63, 3.8) is 0 Å². The Morgan fingerprint density at radius 3 is 3.00 bits per heavy atom. The second-order valence-corrected chi connectivity index (χ2v) is 4.51. The van der Waals surface area contributed by atoms with Crippen LogP contribution in [0.15, 0.2) is 11.4 Å². The fraction of sp³-hybridized carbons (Fsp3) is 0.455. The number of fused-ring (bicyclic) bond motifs is 1. The highest BCUT2D eigenvalue weighted by Crippen LogP contribution is 2.28. The van der Waals surface area contributed by atoms with Crippen LogP contribution in [0.5, 0.6) is 0 Å². The highest BCUT2D eigenvalue weighted by molar-refractivity contribution is 7.16. The summed E-state index contributed by atoms with van der Waals surface area (Å²) >= 11 is 1.58. The van der Waals surface area contributed by atoms with Crippen LogP contribution >= 0.6 is 11.3 Å². The van der Waals surface area contributed by atoms with E-state index in [9.17, 15) is 0 Å². The van der Waals surface area contributed by atoms with Crippen molar-refractivity contribution in [2.24, 2.45) is 0 Å². The Hall–Kier alpha value is -1.40. The molecule has 5 nitrogen and oxygen atoms in total. The molecule has 0 spiro atoms. The van der Waals surface area contributed by atoms with Crippen LogP contribution in [0.1, 0.15) is 6.92 Å². The third-order valence-electron chi connectivity index (χ3n) is 2.57. The molecule has 0 aliphatic rings. The monoisotopic (exact) mass is 252 g/mol. The van der Waals surface area contributed by atoms with Gasteiger partial charge in [-0.2, -0.15) is 4.98 Å².